The topological polar surface area (TPSA) is 75.3 Å². The number of allylic oxidation sites excluding steroid dienone is 1. The first kappa shape index (κ1) is 24.6. The van der Waals surface area contributed by atoms with Crippen LogP contribution in [0.5, 0.6) is 0 Å². The quantitative estimate of drug-likeness (QED) is 0.222. The van der Waals surface area contributed by atoms with Crippen LogP contribution in [0, 0.1) is 6.92 Å². The number of benzene rings is 3. The lowest BCUT2D eigenvalue weighted by molar-refractivity contribution is -0.113. The van der Waals surface area contributed by atoms with Crippen LogP contribution in [-0.4, -0.2) is 17.6 Å². The summed E-state index contributed by atoms with van der Waals surface area (Å²) in [4.78, 5) is 39.1. The fraction of sp³-hybridized carbons (Fsp3) is 0.0333. The van der Waals surface area contributed by atoms with Gasteiger partial charge in [0, 0.05) is 21.7 Å². The minimum absolute atomic E-state index is 0.118. The molecule has 0 atom stereocenters. The fourth-order valence-electron chi connectivity index (χ4n) is 3.41. The SMILES string of the molecule is Cc1ccccc1/C=C/C(=O)c1ccc(NC(=O)/C(=C/c2cccs2)NC(=O)c2ccccc2)cc1. The first-order valence-corrected chi connectivity index (χ1v) is 12.2. The molecule has 6 heteroatoms. The standard InChI is InChI=1S/C30H24N2O3S/c1-21-8-5-6-9-22(21)15-18-28(33)23-13-16-25(17-14-23)31-30(35)27(20-26-12-7-19-36-26)32-29(34)24-10-3-2-4-11-24/h2-20H,1H3,(H,31,35)(H,32,34)/b18-15+,27-20-. The molecular formula is C30H24N2O3S. The molecule has 0 radical (unpaired) electrons. The van der Waals surface area contributed by atoms with Crippen molar-refractivity contribution in [2.24, 2.45) is 0 Å². The normalized spacial score (nSPS) is 11.3. The van der Waals surface area contributed by atoms with Crippen LogP contribution in [0.25, 0.3) is 12.2 Å². The molecule has 0 saturated carbocycles. The van der Waals surface area contributed by atoms with Gasteiger partial charge in [-0.2, -0.15) is 0 Å². The van der Waals surface area contributed by atoms with Crippen LogP contribution in [0.15, 0.2) is 108 Å². The van der Waals surface area contributed by atoms with Crippen molar-refractivity contribution >= 4 is 46.8 Å². The Morgan fingerprint density at radius 1 is 0.778 bits per heavy atom. The van der Waals surface area contributed by atoms with E-state index in [9.17, 15) is 14.4 Å². The van der Waals surface area contributed by atoms with Gasteiger partial charge in [0.25, 0.3) is 11.8 Å². The largest absolute Gasteiger partial charge is 0.321 e. The van der Waals surface area contributed by atoms with Crippen LogP contribution >= 0.6 is 11.3 Å². The third kappa shape index (κ3) is 6.52. The molecule has 2 amide bonds. The number of rotatable bonds is 8. The molecule has 1 aromatic heterocycles. The molecule has 0 bridgehead atoms. The molecule has 0 unspecified atom stereocenters. The minimum Gasteiger partial charge on any atom is -0.321 e. The van der Waals surface area contributed by atoms with Crippen LogP contribution in [0.2, 0.25) is 0 Å². The van der Waals surface area contributed by atoms with E-state index in [1.165, 1.54) is 17.4 Å². The van der Waals surface area contributed by atoms with E-state index in [1.807, 2.05) is 54.8 Å². The second-order valence-electron chi connectivity index (χ2n) is 7.98. The number of ketones is 1. The molecule has 0 fully saturated rings. The van der Waals surface area contributed by atoms with E-state index < -0.39 is 5.91 Å². The molecule has 5 nitrogen and oxygen atoms in total. The summed E-state index contributed by atoms with van der Waals surface area (Å²) in [6, 6.07) is 26.9. The Labute approximate surface area is 213 Å². The Balaban J connectivity index is 1.46. The van der Waals surface area contributed by atoms with Gasteiger partial charge in [-0.3, -0.25) is 14.4 Å². The number of carbonyl (C=O) groups is 3. The number of thiophene rings is 1. The van der Waals surface area contributed by atoms with Crippen molar-refractivity contribution in [1.82, 2.24) is 5.32 Å². The molecule has 3 aromatic carbocycles. The lowest BCUT2D eigenvalue weighted by atomic mass is 10.1. The Bertz CT molecular complexity index is 1420. The first-order chi connectivity index (χ1) is 17.5. The third-order valence-electron chi connectivity index (χ3n) is 5.39. The molecule has 4 aromatic rings. The molecule has 4 rings (SSSR count). The molecule has 2 N–H and O–H groups in total. The van der Waals surface area contributed by atoms with E-state index in [0.29, 0.717) is 16.8 Å². The van der Waals surface area contributed by atoms with Gasteiger partial charge in [0.2, 0.25) is 0 Å². The predicted molar refractivity (Wildman–Crippen MR) is 146 cm³/mol. The van der Waals surface area contributed by atoms with E-state index in [-0.39, 0.29) is 17.4 Å². The molecule has 178 valence electrons. The van der Waals surface area contributed by atoms with E-state index in [0.717, 1.165) is 16.0 Å². The van der Waals surface area contributed by atoms with Crippen molar-refractivity contribution in [1.29, 1.82) is 0 Å². The van der Waals surface area contributed by atoms with Crippen LogP contribution in [-0.2, 0) is 4.79 Å². The minimum atomic E-state index is -0.466. The Morgan fingerprint density at radius 2 is 1.50 bits per heavy atom. The van der Waals surface area contributed by atoms with Gasteiger partial charge in [0.05, 0.1) is 0 Å². The molecule has 36 heavy (non-hydrogen) atoms. The summed E-state index contributed by atoms with van der Waals surface area (Å²) in [6.07, 6.45) is 4.97. The molecule has 0 saturated heterocycles. The third-order valence-corrected chi connectivity index (χ3v) is 6.21. The van der Waals surface area contributed by atoms with E-state index in [2.05, 4.69) is 10.6 Å². The molecule has 0 aliphatic carbocycles. The second kappa shape index (κ2) is 11.7. The van der Waals surface area contributed by atoms with Crippen molar-refractivity contribution < 1.29 is 14.4 Å². The van der Waals surface area contributed by atoms with Gasteiger partial charge in [0.1, 0.15) is 5.70 Å². The molecule has 0 spiro atoms. The van der Waals surface area contributed by atoms with Crippen molar-refractivity contribution in [2.45, 2.75) is 6.92 Å². The Hall–Kier alpha value is -4.55. The molecular weight excluding hydrogens is 468 g/mol. The fourth-order valence-corrected chi connectivity index (χ4v) is 4.07. The summed E-state index contributed by atoms with van der Waals surface area (Å²) >= 11 is 1.46. The van der Waals surface area contributed by atoms with Crippen LogP contribution < -0.4 is 10.6 Å². The molecule has 0 aliphatic rings. The summed E-state index contributed by atoms with van der Waals surface area (Å²) in [5.74, 6) is -0.981. The van der Waals surface area contributed by atoms with Gasteiger partial charge < -0.3 is 10.6 Å². The number of aryl methyl sites for hydroxylation is 1. The maximum absolute atomic E-state index is 13.0. The van der Waals surface area contributed by atoms with Gasteiger partial charge in [0.15, 0.2) is 5.78 Å². The lowest BCUT2D eigenvalue weighted by Gasteiger charge is -2.11. The highest BCUT2D eigenvalue weighted by molar-refractivity contribution is 7.10. The maximum Gasteiger partial charge on any atom is 0.272 e. The number of nitrogens with one attached hydrogen (secondary N) is 2. The number of hydrogen-bond donors (Lipinski definition) is 2. The van der Waals surface area contributed by atoms with Gasteiger partial charge >= 0.3 is 0 Å². The summed E-state index contributed by atoms with van der Waals surface area (Å²) < 4.78 is 0. The van der Waals surface area contributed by atoms with Crippen LogP contribution in [0.4, 0.5) is 5.69 Å². The lowest BCUT2D eigenvalue weighted by Crippen LogP contribution is -2.30. The van der Waals surface area contributed by atoms with E-state index in [4.69, 9.17) is 0 Å². The number of anilines is 1. The highest BCUT2D eigenvalue weighted by atomic mass is 32.1. The Kier molecular flexibility index (Phi) is 8.01. The van der Waals surface area contributed by atoms with Gasteiger partial charge in [-0.15, -0.1) is 11.3 Å². The number of carbonyl (C=O) groups excluding carboxylic acids is 3. The summed E-state index contributed by atoms with van der Waals surface area (Å²) in [5.41, 5.74) is 3.65. The van der Waals surface area contributed by atoms with Gasteiger partial charge in [-0.25, -0.2) is 0 Å². The molecule has 1 heterocycles. The smallest absolute Gasteiger partial charge is 0.272 e. The summed E-state index contributed by atoms with van der Waals surface area (Å²) in [5, 5.41) is 7.40. The van der Waals surface area contributed by atoms with Crippen molar-refractivity contribution in [2.75, 3.05) is 5.32 Å². The number of hydrogen-bond acceptors (Lipinski definition) is 4. The summed E-state index contributed by atoms with van der Waals surface area (Å²) in [7, 11) is 0. The van der Waals surface area contributed by atoms with E-state index >= 15 is 0 Å². The monoisotopic (exact) mass is 492 g/mol. The zero-order chi connectivity index (χ0) is 25.3. The van der Waals surface area contributed by atoms with Crippen molar-refractivity contribution in [3.05, 3.63) is 135 Å². The highest BCUT2D eigenvalue weighted by Gasteiger charge is 2.15. The molecule has 0 aliphatic heterocycles. The zero-order valence-electron chi connectivity index (χ0n) is 19.6. The average Bonchev–Trinajstić information content (AvgIpc) is 3.42. The van der Waals surface area contributed by atoms with Crippen molar-refractivity contribution in [3.8, 4) is 0 Å². The highest BCUT2D eigenvalue weighted by Crippen LogP contribution is 2.16. The Morgan fingerprint density at radius 3 is 2.19 bits per heavy atom. The van der Waals surface area contributed by atoms with Crippen LogP contribution in [0.1, 0.15) is 36.7 Å². The maximum atomic E-state index is 13.0. The first-order valence-electron chi connectivity index (χ1n) is 11.3. The second-order valence-corrected chi connectivity index (χ2v) is 8.96. The number of amides is 2. The zero-order valence-corrected chi connectivity index (χ0v) is 20.4. The summed E-state index contributed by atoms with van der Waals surface area (Å²) in [6.45, 7) is 1.99. The van der Waals surface area contributed by atoms with Crippen LogP contribution in [0.3, 0.4) is 0 Å². The predicted octanol–water partition coefficient (Wildman–Crippen LogP) is 6.36. The van der Waals surface area contributed by atoms with Gasteiger partial charge in [-0.1, -0.05) is 54.6 Å². The van der Waals surface area contributed by atoms with Gasteiger partial charge in [-0.05, 0) is 78.0 Å². The van der Waals surface area contributed by atoms with E-state index in [1.54, 1.807) is 60.7 Å². The van der Waals surface area contributed by atoms with Crippen molar-refractivity contribution in [3.63, 3.8) is 0 Å². The average molecular weight is 493 g/mol.